The van der Waals surface area contributed by atoms with Crippen molar-refractivity contribution in [3.63, 3.8) is 0 Å². The molecule has 3 rings (SSSR count). The van der Waals surface area contributed by atoms with Gasteiger partial charge in [-0.3, -0.25) is 14.1 Å². The second-order valence-electron chi connectivity index (χ2n) is 5.79. The van der Waals surface area contributed by atoms with Gasteiger partial charge in [0.05, 0.1) is 28.5 Å². The molecule has 2 aromatic heterocycles. The number of hydrogen-bond donors (Lipinski definition) is 1. The van der Waals surface area contributed by atoms with Gasteiger partial charge in [0.15, 0.2) is 5.82 Å². The van der Waals surface area contributed by atoms with E-state index in [0.29, 0.717) is 28.8 Å². The minimum absolute atomic E-state index is 0.0420. The molecule has 1 N–H and O–H groups in total. The zero-order valence-corrected chi connectivity index (χ0v) is 17.5. The van der Waals surface area contributed by atoms with Crippen molar-refractivity contribution in [2.24, 2.45) is 0 Å². The second kappa shape index (κ2) is 7.71. The summed E-state index contributed by atoms with van der Waals surface area (Å²) in [6, 6.07) is 5.20. The van der Waals surface area contributed by atoms with Crippen molar-refractivity contribution in [1.29, 1.82) is 0 Å². The van der Waals surface area contributed by atoms with E-state index in [4.69, 9.17) is 34.8 Å². The summed E-state index contributed by atoms with van der Waals surface area (Å²) in [4.78, 5) is 0.0828. The van der Waals surface area contributed by atoms with Crippen LogP contribution in [-0.4, -0.2) is 28.0 Å². The molecule has 0 atom stereocenters. The van der Waals surface area contributed by atoms with E-state index in [-0.39, 0.29) is 15.7 Å². The fourth-order valence-electron chi connectivity index (χ4n) is 2.57. The predicted octanol–water partition coefficient (Wildman–Crippen LogP) is 4.22. The summed E-state index contributed by atoms with van der Waals surface area (Å²) >= 11 is 18.1. The molecule has 1 aromatic carbocycles. The van der Waals surface area contributed by atoms with Crippen LogP contribution in [-0.2, 0) is 23.1 Å². The normalized spacial score (nSPS) is 11.7. The van der Waals surface area contributed by atoms with Gasteiger partial charge in [-0.1, -0.05) is 40.9 Å². The number of aromatic nitrogens is 4. The number of sulfonamides is 1. The Kier molecular flexibility index (Phi) is 5.71. The van der Waals surface area contributed by atoms with Gasteiger partial charge in [0.25, 0.3) is 10.0 Å². The van der Waals surface area contributed by atoms with Crippen molar-refractivity contribution < 1.29 is 8.42 Å². The van der Waals surface area contributed by atoms with Gasteiger partial charge >= 0.3 is 0 Å². The highest BCUT2D eigenvalue weighted by Crippen LogP contribution is 2.26. The van der Waals surface area contributed by atoms with E-state index in [2.05, 4.69) is 14.9 Å². The lowest BCUT2D eigenvalue weighted by Crippen LogP contribution is -2.15. The number of aryl methyl sites for hydroxylation is 1. The molecule has 0 saturated carbocycles. The van der Waals surface area contributed by atoms with Crippen LogP contribution < -0.4 is 4.72 Å². The average molecular weight is 449 g/mol. The van der Waals surface area contributed by atoms with Crippen LogP contribution in [0.1, 0.15) is 18.2 Å². The van der Waals surface area contributed by atoms with Crippen molar-refractivity contribution in [2.45, 2.75) is 31.8 Å². The van der Waals surface area contributed by atoms with Crippen LogP contribution >= 0.6 is 34.8 Å². The molecule has 0 aliphatic heterocycles. The summed E-state index contributed by atoms with van der Waals surface area (Å²) in [5, 5.41) is 9.33. The van der Waals surface area contributed by atoms with Gasteiger partial charge in [0, 0.05) is 12.7 Å². The Morgan fingerprint density at radius 1 is 1.15 bits per heavy atom. The van der Waals surface area contributed by atoms with Crippen LogP contribution in [0, 0.1) is 6.92 Å². The zero-order valence-electron chi connectivity index (χ0n) is 14.4. The van der Waals surface area contributed by atoms with Gasteiger partial charge in [-0.25, -0.2) is 8.42 Å². The van der Waals surface area contributed by atoms with Crippen LogP contribution in [0.15, 0.2) is 35.5 Å². The zero-order chi connectivity index (χ0) is 19.8. The van der Waals surface area contributed by atoms with E-state index >= 15 is 0 Å². The molecule has 27 heavy (non-hydrogen) atoms. The minimum Gasteiger partial charge on any atom is -0.269 e. The largest absolute Gasteiger partial charge is 0.269 e. The molecule has 0 unspecified atom stereocenters. The smallest absolute Gasteiger partial charge is 0.266 e. The Morgan fingerprint density at radius 3 is 2.52 bits per heavy atom. The number of hydrogen-bond acceptors (Lipinski definition) is 4. The fourth-order valence-corrected chi connectivity index (χ4v) is 4.34. The second-order valence-corrected chi connectivity index (χ2v) is 8.66. The average Bonchev–Trinajstić information content (AvgIpc) is 3.13. The lowest BCUT2D eigenvalue weighted by Gasteiger charge is -2.06. The Balaban J connectivity index is 1.83. The van der Waals surface area contributed by atoms with Crippen LogP contribution in [0.5, 0.6) is 0 Å². The topological polar surface area (TPSA) is 81.8 Å². The quantitative estimate of drug-likeness (QED) is 0.612. The van der Waals surface area contributed by atoms with E-state index in [1.807, 2.05) is 6.92 Å². The van der Waals surface area contributed by atoms with Crippen LogP contribution in [0.4, 0.5) is 5.82 Å². The van der Waals surface area contributed by atoms with Gasteiger partial charge in [-0.15, -0.1) is 0 Å². The van der Waals surface area contributed by atoms with Crippen LogP contribution in [0.2, 0.25) is 15.1 Å². The molecule has 2 heterocycles. The first kappa shape index (κ1) is 20.0. The lowest BCUT2D eigenvalue weighted by molar-refractivity contribution is 0.598. The Morgan fingerprint density at radius 2 is 1.89 bits per heavy atom. The molecular formula is C16H16Cl3N5O2S. The van der Waals surface area contributed by atoms with E-state index in [1.54, 1.807) is 29.8 Å². The van der Waals surface area contributed by atoms with Crippen molar-refractivity contribution in [1.82, 2.24) is 19.6 Å². The third-order valence-electron chi connectivity index (χ3n) is 3.92. The van der Waals surface area contributed by atoms with Gasteiger partial charge in [-0.2, -0.15) is 10.2 Å². The van der Waals surface area contributed by atoms with Crippen molar-refractivity contribution in [2.75, 3.05) is 4.72 Å². The molecule has 0 fully saturated rings. The van der Waals surface area contributed by atoms with Gasteiger partial charge in [0.2, 0.25) is 0 Å². The molecule has 0 saturated heterocycles. The Bertz CT molecular complexity index is 1090. The molecule has 7 nitrogen and oxygen atoms in total. The third kappa shape index (κ3) is 4.24. The third-order valence-corrected chi connectivity index (χ3v) is 6.38. The van der Waals surface area contributed by atoms with E-state index in [9.17, 15) is 8.42 Å². The first-order chi connectivity index (χ1) is 12.7. The summed E-state index contributed by atoms with van der Waals surface area (Å²) in [5.41, 5.74) is 1.38. The minimum atomic E-state index is -3.86. The van der Waals surface area contributed by atoms with E-state index in [0.717, 1.165) is 5.56 Å². The van der Waals surface area contributed by atoms with E-state index < -0.39 is 10.0 Å². The fraction of sp³-hybridized carbons (Fsp3) is 0.250. The number of nitrogens with one attached hydrogen (secondary N) is 1. The van der Waals surface area contributed by atoms with Crippen LogP contribution in [0.3, 0.4) is 0 Å². The first-order valence-electron chi connectivity index (χ1n) is 7.93. The molecule has 11 heteroatoms. The maximum absolute atomic E-state index is 12.6. The summed E-state index contributed by atoms with van der Waals surface area (Å²) in [6.45, 7) is 4.49. The summed E-state index contributed by atoms with van der Waals surface area (Å²) in [7, 11) is -3.86. The van der Waals surface area contributed by atoms with E-state index in [1.165, 1.54) is 17.1 Å². The number of benzene rings is 1. The molecular weight excluding hydrogens is 433 g/mol. The van der Waals surface area contributed by atoms with Crippen molar-refractivity contribution >= 4 is 50.6 Å². The van der Waals surface area contributed by atoms with Gasteiger partial charge in [0.1, 0.15) is 9.92 Å². The van der Waals surface area contributed by atoms with Crippen molar-refractivity contribution in [3.05, 3.63) is 56.9 Å². The maximum atomic E-state index is 12.6. The summed E-state index contributed by atoms with van der Waals surface area (Å²) < 4.78 is 30.8. The molecule has 0 bridgehead atoms. The number of halogens is 3. The Labute approximate surface area is 171 Å². The molecule has 144 valence electrons. The number of anilines is 1. The summed E-state index contributed by atoms with van der Waals surface area (Å²) in [5.74, 6) is 0.0420. The molecule has 0 aliphatic rings. The highest BCUT2D eigenvalue weighted by Gasteiger charge is 2.23. The standard InChI is InChI=1S/C16H16Cl3N5O2S/c1-3-24-10(2)15(7-20-24)27(25,26)22-16-14(19)9-23(21-16)8-11-4-5-12(17)13(18)6-11/h4-7,9H,3,8H2,1-2H3,(H,21,22). The molecule has 0 amide bonds. The number of nitrogens with zero attached hydrogens (tertiary/aromatic N) is 4. The molecule has 0 radical (unpaired) electrons. The summed E-state index contributed by atoms with van der Waals surface area (Å²) in [6.07, 6.45) is 2.84. The lowest BCUT2D eigenvalue weighted by atomic mass is 10.2. The monoisotopic (exact) mass is 447 g/mol. The van der Waals surface area contributed by atoms with Gasteiger partial charge in [-0.05, 0) is 31.5 Å². The Hall–Kier alpha value is -1.74. The van der Waals surface area contributed by atoms with Crippen molar-refractivity contribution in [3.8, 4) is 0 Å². The van der Waals surface area contributed by atoms with Crippen LogP contribution in [0.25, 0.3) is 0 Å². The highest BCUT2D eigenvalue weighted by molar-refractivity contribution is 7.92. The highest BCUT2D eigenvalue weighted by atomic mass is 35.5. The SMILES string of the molecule is CCn1ncc(S(=O)(=O)Nc2nn(Cc3ccc(Cl)c(Cl)c3)cc2Cl)c1C. The molecule has 0 aliphatic carbocycles. The van der Waals surface area contributed by atoms with Gasteiger partial charge < -0.3 is 0 Å². The molecule has 3 aromatic rings. The molecule has 0 spiro atoms. The predicted molar refractivity (Wildman–Crippen MR) is 106 cm³/mol. The maximum Gasteiger partial charge on any atom is 0.266 e. The first-order valence-corrected chi connectivity index (χ1v) is 10.5. The number of rotatable bonds is 6.